The Balaban J connectivity index is 2.25. The van der Waals surface area contributed by atoms with Gasteiger partial charge in [-0.25, -0.2) is 0 Å². The van der Waals surface area contributed by atoms with Crippen molar-refractivity contribution in [3.63, 3.8) is 0 Å². The smallest absolute Gasteiger partial charge is 0.0833 e. The molecule has 0 aliphatic rings. The zero-order chi connectivity index (χ0) is 14.8. The summed E-state index contributed by atoms with van der Waals surface area (Å²) in [5, 5.41) is 10.6. The zero-order valence-corrected chi connectivity index (χ0v) is 13.8. The second-order valence-electron chi connectivity index (χ2n) is 6.18. The highest BCUT2D eigenvalue weighted by Crippen LogP contribution is 2.31. The van der Waals surface area contributed by atoms with Gasteiger partial charge < -0.3 is 5.11 Å². The molecule has 0 amide bonds. The molecule has 1 atom stereocenters. The molecular formula is C18H21BrO. The van der Waals surface area contributed by atoms with Crippen molar-refractivity contribution in [2.75, 3.05) is 0 Å². The summed E-state index contributed by atoms with van der Waals surface area (Å²) in [5.41, 5.74) is 3.43. The van der Waals surface area contributed by atoms with E-state index in [2.05, 4.69) is 42.8 Å². The van der Waals surface area contributed by atoms with Crippen LogP contribution in [0.15, 0.2) is 53.0 Å². The Labute approximate surface area is 129 Å². The molecule has 0 aromatic heterocycles. The summed E-state index contributed by atoms with van der Waals surface area (Å²) < 4.78 is 1.06. The molecule has 0 spiro atoms. The standard InChI is InChI=1S/C18H21BrO/c1-18(2,3)16-7-5-4-6-15(16)17(20)12-13-8-10-14(19)11-9-13/h4-11,17,20H,12H2,1-3H3. The maximum atomic E-state index is 10.6. The van der Waals surface area contributed by atoms with Crippen LogP contribution in [0.5, 0.6) is 0 Å². The number of hydrogen-bond donors (Lipinski definition) is 1. The molecule has 2 heteroatoms. The van der Waals surface area contributed by atoms with E-state index in [1.165, 1.54) is 5.56 Å². The van der Waals surface area contributed by atoms with Gasteiger partial charge in [0.1, 0.15) is 0 Å². The average molecular weight is 333 g/mol. The van der Waals surface area contributed by atoms with Gasteiger partial charge in [0.15, 0.2) is 0 Å². The van der Waals surface area contributed by atoms with Crippen molar-refractivity contribution < 1.29 is 5.11 Å². The van der Waals surface area contributed by atoms with Crippen molar-refractivity contribution in [2.45, 2.75) is 38.7 Å². The lowest BCUT2D eigenvalue weighted by Crippen LogP contribution is -2.16. The molecule has 0 aliphatic heterocycles. The third kappa shape index (κ3) is 3.71. The molecule has 0 saturated carbocycles. The highest BCUT2D eigenvalue weighted by Gasteiger charge is 2.21. The van der Waals surface area contributed by atoms with Crippen molar-refractivity contribution in [3.05, 3.63) is 69.7 Å². The first-order chi connectivity index (χ1) is 9.38. The highest BCUT2D eigenvalue weighted by molar-refractivity contribution is 9.10. The normalized spacial score (nSPS) is 13.2. The first kappa shape index (κ1) is 15.3. The van der Waals surface area contributed by atoms with E-state index < -0.39 is 6.10 Å². The predicted octanol–water partition coefficient (Wildman–Crippen LogP) is 5.02. The van der Waals surface area contributed by atoms with E-state index in [1.54, 1.807) is 0 Å². The van der Waals surface area contributed by atoms with Gasteiger partial charge in [-0.05, 0) is 34.2 Å². The second-order valence-corrected chi connectivity index (χ2v) is 7.10. The molecular weight excluding hydrogens is 312 g/mol. The first-order valence-electron chi connectivity index (χ1n) is 6.90. The molecule has 0 bridgehead atoms. The second kappa shape index (κ2) is 6.11. The average Bonchev–Trinajstić information content (AvgIpc) is 2.40. The van der Waals surface area contributed by atoms with Crippen LogP contribution < -0.4 is 0 Å². The van der Waals surface area contributed by atoms with Gasteiger partial charge in [0, 0.05) is 10.9 Å². The Morgan fingerprint density at radius 1 is 1.00 bits per heavy atom. The lowest BCUT2D eigenvalue weighted by atomic mass is 9.81. The van der Waals surface area contributed by atoms with Gasteiger partial charge >= 0.3 is 0 Å². The lowest BCUT2D eigenvalue weighted by Gasteiger charge is -2.25. The van der Waals surface area contributed by atoms with Crippen LogP contribution in [-0.4, -0.2) is 5.11 Å². The minimum absolute atomic E-state index is 0.0390. The van der Waals surface area contributed by atoms with Crippen molar-refractivity contribution >= 4 is 15.9 Å². The molecule has 1 N–H and O–H groups in total. The Bertz CT molecular complexity index is 567. The number of aliphatic hydroxyl groups is 1. The van der Waals surface area contributed by atoms with E-state index in [1.807, 2.05) is 42.5 Å². The van der Waals surface area contributed by atoms with Gasteiger partial charge in [0.25, 0.3) is 0 Å². The van der Waals surface area contributed by atoms with E-state index in [0.29, 0.717) is 6.42 Å². The summed E-state index contributed by atoms with van der Waals surface area (Å²) in [6, 6.07) is 16.3. The molecule has 0 heterocycles. The van der Waals surface area contributed by atoms with Crippen LogP contribution in [0.25, 0.3) is 0 Å². The van der Waals surface area contributed by atoms with Crippen LogP contribution in [0.3, 0.4) is 0 Å². The fourth-order valence-corrected chi connectivity index (χ4v) is 2.69. The molecule has 1 nitrogen and oxygen atoms in total. The Hall–Kier alpha value is -1.12. The van der Waals surface area contributed by atoms with Crippen molar-refractivity contribution in [1.82, 2.24) is 0 Å². The van der Waals surface area contributed by atoms with Gasteiger partial charge in [-0.15, -0.1) is 0 Å². The van der Waals surface area contributed by atoms with E-state index in [0.717, 1.165) is 15.6 Å². The van der Waals surface area contributed by atoms with Crippen LogP contribution in [-0.2, 0) is 11.8 Å². The first-order valence-corrected chi connectivity index (χ1v) is 7.69. The van der Waals surface area contributed by atoms with Gasteiger partial charge in [0.2, 0.25) is 0 Å². The molecule has 1 unspecified atom stereocenters. The topological polar surface area (TPSA) is 20.2 Å². The molecule has 0 aliphatic carbocycles. The third-order valence-electron chi connectivity index (χ3n) is 3.47. The van der Waals surface area contributed by atoms with Crippen LogP contribution >= 0.6 is 15.9 Å². The number of halogens is 1. The minimum atomic E-state index is -0.466. The molecule has 2 rings (SSSR count). The van der Waals surface area contributed by atoms with Gasteiger partial charge in [-0.2, -0.15) is 0 Å². The number of rotatable bonds is 3. The summed E-state index contributed by atoms with van der Waals surface area (Å²) in [4.78, 5) is 0. The SMILES string of the molecule is CC(C)(C)c1ccccc1C(O)Cc1ccc(Br)cc1. The van der Waals surface area contributed by atoms with Gasteiger partial charge in [0.05, 0.1) is 6.10 Å². The summed E-state index contributed by atoms with van der Waals surface area (Å²) in [7, 11) is 0. The summed E-state index contributed by atoms with van der Waals surface area (Å²) >= 11 is 3.43. The van der Waals surface area contributed by atoms with Crippen LogP contribution in [0, 0.1) is 0 Å². The zero-order valence-electron chi connectivity index (χ0n) is 12.2. The van der Waals surface area contributed by atoms with Crippen molar-refractivity contribution in [2.24, 2.45) is 0 Å². The van der Waals surface area contributed by atoms with Crippen LogP contribution in [0.1, 0.15) is 43.6 Å². The van der Waals surface area contributed by atoms with Crippen molar-refractivity contribution in [1.29, 1.82) is 0 Å². The molecule has 20 heavy (non-hydrogen) atoms. The lowest BCUT2D eigenvalue weighted by molar-refractivity contribution is 0.176. The quantitative estimate of drug-likeness (QED) is 0.836. The number of aliphatic hydroxyl groups excluding tert-OH is 1. The Kier molecular flexibility index (Phi) is 4.66. The summed E-state index contributed by atoms with van der Waals surface area (Å²) in [6.07, 6.45) is 0.173. The molecule has 2 aromatic rings. The van der Waals surface area contributed by atoms with Gasteiger partial charge in [-0.1, -0.05) is 73.1 Å². The molecule has 106 valence electrons. The Morgan fingerprint density at radius 3 is 2.20 bits per heavy atom. The van der Waals surface area contributed by atoms with Crippen LogP contribution in [0.4, 0.5) is 0 Å². The van der Waals surface area contributed by atoms with E-state index in [4.69, 9.17) is 0 Å². The largest absolute Gasteiger partial charge is 0.388 e. The molecule has 0 fully saturated rings. The molecule has 0 radical (unpaired) electrons. The Morgan fingerprint density at radius 2 is 1.60 bits per heavy atom. The monoisotopic (exact) mass is 332 g/mol. The summed E-state index contributed by atoms with van der Waals surface area (Å²) in [5.74, 6) is 0. The predicted molar refractivity (Wildman–Crippen MR) is 87.9 cm³/mol. The van der Waals surface area contributed by atoms with Crippen LogP contribution in [0.2, 0.25) is 0 Å². The highest BCUT2D eigenvalue weighted by atomic mass is 79.9. The van der Waals surface area contributed by atoms with Gasteiger partial charge in [-0.3, -0.25) is 0 Å². The number of benzene rings is 2. The molecule has 2 aromatic carbocycles. The van der Waals surface area contributed by atoms with E-state index >= 15 is 0 Å². The summed E-state index contributed by atoms with van der Waals surface area (Å²) in [6.45, 7) is 6.54. The minimum Gasteiger partial charge on any atom is -0.388 e. The maximum Gasteiger partial charge on any atom is 0.0833 e. The third-order valence-corrected chi connectivity index (χ3v) is 4.00. The maximum absolute atomic E-state index is 10.6. The van der Waals surface area contributed by atoms with E-state index in [-0.39, 0.29) is 5.41 Å². The number of hydrogen-bond acceptors (Lipinski definition) is 1. The van der Waals surface area contributed by atoms with E-state index in [9.17, 15) is 5.11 Å². The fourth-order valence-electron chi connectivity index (χ4n) is 2.42. The molecule has 0 saturated heterocycles. The van der Waals surface area contributed by atoms with Crippen molar-refractivity contribution in [3.8, 4) is 0 Å². The fraction of sp³-hybridized carbons (Fsp3) is 0.333.